The highest BCUT2D eigenvalue weighted by Crippen LogP contribution is 2.34. The number of thioether (sulfide) groups is 1. The molecule has 1 fully saturated rings. The van der Waals surface area contributed by atoms with Gasteiger partial charge in [-0.2, -0.15) is 0 Å². The number of furan rings is 1. The molecule has 2 aromatic carbocycles. The number of rotatable bonds is 5. The molecule has 1 aromatic heterocycles. The number of benzene rings is 2. The van der Waals surface area contributed by atoms with Crippen molar-refractivity contribution in [3.05, 3.63) is 82.5 Å². The minimum Gasteiger partial charge on any atom is -0.478 e. The Morgan fingerprint density at radius 1 is 0.938 bits per heavy atom. The summed E-state index contributed by atoms with van der Waals surface area (Å²) in [6, 6.07) is 15.8. The van der Waals surface area contributed by atoms with Crippen LogP contribution in [0.25, 0.3) is 17.4 Å². The van der Waals surface area contributed by atoms with E-state index < -0.39 is 11.9 Å². The zero-order chi connectivity index (χ0) is 22.8. The fourth-order valence-corrected chi connectivity index (χ4v) is 3.90. The first-order valence-corrected chi connectivity index (χ1v) is 10.2. The van der Waals surface area contributed by atoms with Gasteiger partial charge in [0.05, 0.1) is 21.7 Å². The lowest BCUT2D eigenvalue weighted by atomic mass is 10.1. The van der Waals surface area contributed by atoms with Gasteiger partial charge in [0, 0.05) is 18.7 Å². The number of amides is 1. The zero-order valence-corrected chi connectivity index (χ0v) is 17.5. The summed E-state index contributed by atoms with van der Waals surface area (Å²) in [5.74, 6) is -1.24. The summed E-state index contributed by atoms with van der Waals surface area (Å²) in [4.78, 5) is 40.8. The molecule has 1 aliphatic rings. The number of aromatic carboxylic acids is 2. The minimum absolute atomic E-state index is 0.157. The van der Waals surface area contributed by atoms with Crippen molar-refractivity contribution in [2.45, 2.75) is 0 Å². The SMILES string of the molecule is CN1C(=O)/C(=C\c2ccc(-c3ccc(C(=O)O)cc3)o2)SC1=Nc1ccc(C(=O)O)cc1. The molecule has 32 heavy (non-hydrogen) atoms. The molecule has 9 heteroatoms. The quantitative estimate of drug-likeness (QED) is 0.548. The number of hydrogen-bond donors (Lipinski definition) is 2. The van der Waals surface area contributed by atoms with Crippen molar-refractivity contribution in [1.82, 2.24) is 4.90 Å². The van der Waals surface area contributed by atoms with Crippen LogP contribution in [0.5, 0.6) is 0 Å². The molecule has 0 atom stereocenters. The second kappa shape index (κ2) is 8.56. The highest BCUT2D eigenvalue weighted by atomic mass is 32.2. The number of amidine groups is 1. The molecule has 1 aliphatic heterocycles. The number of likely N-dealkylation sites (N-methyl/N-ethyl adjacent to an activating group) is 1. The third kappa shape index (κ3) is 4.33. The fourth-order valence-electron chi connectivity index (χ4n) is 2.93. The van der Waals surface area contributed by atoms with Gasteiger partial charge in [-0.1, -0.05) is 12.1 Å². The molecule has 0 radical (unpaired) electrons. The van der Waals surface area contributed by atoms with Crippen molar-refractivity contribution in [3.8, 4) is 11.3 Å². The average Bonchev–Trinajstić information content (AvgIpc) is 3.35. The topological polar surface area (TPSA) is 120 Å². The summed E-state index contributed by atoms with van der Waals surface area (Å²) in [7, 11) is 1.61. The maximum atomic E-state index is 12.6. The molecule has 0 spiro atoms. The van der Waals surface area contributed by atoms with Gasteiger partial charge in [-0.05, 0) is 60.3 Å². The molecule has 2 N–H and O–H groups in total. The van der Waals surface area contributed by atoms with Gasteiger partial charge in [0.15, 0.2) is 5.17 Å². The van der Waals surface area contributed by atoms with E-state index in [-0.39, 0.29) is 17.0 Å². The van der Waals surface area contributed by atoms with E-state index in [1.165, 1.54) is 40.9 Å². The Hall–Kier alpha value is -4.11. The van der Waals surface area contributed by atoms with E-state index in [1.807, 2.05) is 0 Å². The van der Waals surface area contributed by atoms with Crippen molar-refractivity contribution < 1.29 is 29.0 Å². The Morgan fingerprint density at radius 2 is 1.53 bits per heavy atom. The van der Waals surface area contributed by atoms with Crippen molar-refractivity contribution in [2.75, 3.05) is 7.05 Å². The molecule has 3 aromatic rings. The molecule has 2 heterocycles. The van der Waals surface area contributed by atoms with Gasteiger partial charge in [-0.3, -0.25) is 9.69 Å². The molecular formula is C23H16N2O6S. The molecular weight excluding hydrogens is 432 g/mol. The summed E-state index contributed by atoms with van der Waals surface area (Å²) in [6.07, 6.45) is 1.62. The zero-order valence-electron chi connectivity index (χ0n) is 16.7. The van der Waals surface area contributed by atoms with Crippen LogP contribution < -0.4 is 0 Å². The number of carboxylic acids is 2. The van der Waals surface area contributed by atoms with Crippen LogP contribution in [0.15, 0.2) is 75.0 Å². The van der Waals surface area contributed by atoms with E-state index in [1.54, 1.807) is 49.5 Å². The largest absolute Gasteiger partial charge is 0.478 e. The van der Waals surface area contributed by atoms with Gasteiger partial charge < -0.3 is 14.6 Å². The van der Waals surface area contributed by atoms with E-state index in [9.17, 15) is 14.4 Å². The molecule has 0 unspecified atom stereocenters. The van der Waals surface area contributed by atoms with E-state index in [0.717, 1.165) is 0 Å². The van der Waals surface area contributed by atoms with Gasteiger partial charge in [-0.15, -0.1) is 0 Å². The number of nitrogens with zero attached hydrogens (tertiary/aromatic N) is 2. The van der Waals surface area contributed by atoms with Crippen molar-refractivity contribution in [1.29, 1.82) is 0 Å². The smallest absolute Gasteiger partial charge is 0.335 e. The predicted molar refractivity (Wildman–Crippen MR) is 120 cm³/mol. The Morgan fingerprint density at radius 3 is 2.12 bits per heavy atom. The van der Waals surface area contributed by atoms with Gasteiger partial charge in [-0.25, -0.2) is 14.6 Å². The molecule has 1 saturated heterocycles. The van der Waals surface area contributed by atoms with Crippen LogP contribution in [0, 0.1) is 0 Å². The summed E-state index contributed by atoms with van der Waals surface area (Å²) in [5.41, 5.74) is 1.59. The number of carboxylic acid groups (broad SMARTS) is 2. The highest BCUT2D eigenvalue weighted by Gasteiger charge is 2.30. The monoisotopic (exact) mass is 448 g/mol. The maximum absolute atomic E-state index is 12.6. The lowest BCUT2D eigenvalue weighted by molar-refractivity contribution is -0.121. The summed E-state index contributed by atoms with van der Waals surface area (Å²) < 4.78 is 5.80. The normalized spacial score (nSPS) is 16.2. The molecule has 160 valence electrons. The Labute approximate surface area is 186 Å². The van der Waals surface area contributed by atoms with E-state index in [4.69, 9.17) is 14.6 Å². The number of aliphatic imine (C=N–C) groups is 1. The van der Waals surface area contributed by atoms with Crippen LogP contribution in [0.1, 0.15) is 26.5 Å². The second-order valence-corrected chi connectivity index (χ2v) is 7.81. The molecule has 8 nitrogen and oxygen atoms in total. The molecule has 4 rings (SSSR count). The first kappa shape index (κ1) is 21.1. The Balaban J connectivity index is 1.54. The van der Waals surface area contributed by atoms with Crippen LogP contribution >= 0.6 is 11.8 Å². The third-order valence-electron chi connectivity index (χ3n) is 4.66. The van der Waals surface area contributed by atoms with Gasteiger partial charge in [0.25, 0.3) is 5.91 Å². The van der Waals surface area contributed by atoms with Crippen molar-refractivity contribution in [2.24, 2.45) is 4.99 Å². The standard InChI is InChI=1S/C23H16N2O6S/c1-25-20(26)19(32-23(25)24-16-8-6-15(7-9-16)22(29)30)12-17-10-11-18(31-17)13-2-4-14(5-3-13)21(27)28/h2-12H,1H3,(H,27,28)(H,29,30)/b19-12+,24-23?. The summed E-state index contributed by atoms with van der Waals surface area (Å²) in [6.45, 7) is 0. The number of hydrogen-bond acceptors (Lipinski definition) is 6. The van der Waals surface area contributed by atoms with Crippen LogP contribution in [0.4, 0.5) is 5.69 Å². The molecule has 0 bridgehead atoms. The first-order valence-electron chi connectivity index (χ1n) is 9.35. The maximum Gasteiger partial charge on any atom is 0.335 e. The first-order chi connectivity index (χ1) is 15.3. The highest BCUT2D eigenvalue weighted by molar-refractivity contribution is 8.18. The van der Waals surface area contributed by atoms with Gasteiger partial charge in [0.2, 0.25) is 0 Å². The van der Waals surface area contributed by atoms with Crippen LogP contribution in [-0.4, -0.2) is 45.2 Å². The Kier molecular flexibility index (Phi) is 5.65. The lowest BCUT2D eigenvalue weighted by Crippen LogP contribution is -2.23. The van der Waals surface area contributed by atoms with Gasteiger partial charge in [0.1, 0.15) is 11.5 Å². The average molecular weight is 448 g/mol. The summed E-state index contributed by atoms with van der Waals surface area (Å²) >= 11 is 1.18. The molecule has 0 saturated carbocycles. The van der Waals surface area contributed by atoms with E-state index in [0.29, 0.717) is 32.8 Å². The van der Waals surface area contributed by atoms with Crippen molar-refractivity contribution >= 4 is 46.5 Å². The van der Waals surface area contributed by atoms with Crippen LogP contribution in [0.3, 0.4) is 0 Å². The van der Waals surface area contributed by atoms with Crippen molar-refractivity contribution in [3.63, 3.8) is 0 Å². The number of carbonyl (C=O) groups is 3. The van der Waals surface area contributed by atoms with Gasteiger partial charge >= 0.3 is 11.9 Å². The van der Waals surface area contributed by atoms with E-state index >= 15 is 0 Å². The fraction of sp³-hybridized carbons (Fsp3) is 0.0435. The predicted octanol–water partition coefficient (Wildman–Crippen LogP) is 4.58. The summed E-state index contributed by atoms with van der Waals surface area (Å²) in [5, 5.41) is 18.4. The molecule has 0 aliphatic carbocycles. The minimum atomic E-state index is -1.02. The Bertz CT molecular complexity index is 1270. The van der Waals surface area contributed by atoms with Crippen LogP contribution in [-0.2, 0) is 4.79 Å². The number of carbonyl (C=O) groups excluding carboxylic acids is 1. The van der Waals surface area contributed by atoms with Crippen LogP contribution in [0.2, 0.25) is 0 Å². The second-order valence-electron chi connectivity index (χ2n) is 6.81. The lowest BCUT2D eigenvalue weighted by Gasteiger charge is -2.07. The van der Waals surface area contributed by atoms with E-state index in [2.05, 4.69) is 4.99 Å². The third-order valence-corrected chi connectivity index (χ3v) is 5.72. The molecule has 1 amide bonds.